The molecule has 0 spiro atoms. The first-order valence-corrected chi connectivity index (χ1v) is 6.53. The zero-order chi connectivity index (χ0) is 13.8. The molecule has 1 fully saturated rings. The molecule has 0 radical (unpaired) electrons. The highest BCUT2D eigenvalue weighted by atomic mass is 16.6. The highest BCUT2D eigenvalue weighted by Crippen LogP contribution is 2.10. The number of carbonyl (C=O) groups excluding carboxylic acids is 1. The van der Waals surface area contributed by atoms with Gasteiger partial charge in [-0.2, -0.15) is 0 Å². The van der Waals surface area contributed by atoms with Crippen molar-refractivity contribution in [2.45, 2.75) is 39.3 Å². The number of hydrogen-bond acceptors (Lipinski definition) is 4. The van der Waals surface area contributed by atoms with Gasteiger partial charge in [-0.25, -0.2) is 4.79 Å². The Morgan fingerprint density at radius 2 is 2.11 bits per heavy atom. The summed E-state index contributed by atoms with van der Waals surface area (Å²) in [5.74, 6) is 0.392. The molecule has 0 aromatic carbocycles. The van der Waals surface area contributed by atoms with Crippen LogP contribution in [0.4, 0.5) is 4.79 Å². The summed E-state index contributed by atoms with van der Waals surface area (Å²) in [7, 11) is 1.77. The van der Waals surface area contributed by atoms with E-state index in [1.54, 1.807) is 11.9 Å². The van der Waals surface area contributed by atoms with Crippen LogP contribution in [-0.2, 0) is 9.47 Å². The van der Waals surface area contributed by atoms with Crippen molar-refractivity contribution >= 4 is 6.09 Å². The predicted molar refractivity (Wildman–Crippen MR) is 70.6 cm³/mol. The van der Waals surface area contributed by atoms with Gasteiger partial charge in [-0.3, -0.25) is 0 Å². The van der Waals surface area contributed by atoms with Crippen LogP contribution in [0.15, 0.2) is 0 Å². The first kappa shape index (κ1) is 15.2. The SMILES string of the molecule is CC(CNC1COC1)CN(C)C(=O)OC(C)(C)C. The lowest BCUT2D eigenvalue weighted by atomic mass is 10.1. The fraction of sp³-hybridized carbons (Fsp3) is 0.923. The smallest absolute Gasteiger partial charge is 0.410 e. The quantitative estimate of drug-likeness (QED) is 0.811. The molecule has 1 saturated heterocycles. The minimum Gasteiger partial charge on any atom is -0.444 e. The van der Waals surface area contributed by atoms with Crippen molar-refractivity contribution in [3.8, 4) is 0 Å². The number of nitrogens with zero attached hydrogens (tertiary/aromatic N) is 1. The number of hydrogen-bond donors (Lipinski definition) is 1. The largest absolute Gasteiger partial charge is 0.444 e. The first-order chi connectivity index (χ1) is 8.28. The van der Waals surface area contributed by atoms with Crippen LogP contribution in [0.5, 0.6) is 0 Å². The summed E-state index contributed by atoms with van der Waals surface area (Å²) in [6.45, 7) is 10.9. The molecule has 0 bridgehead atoms. The van der Waals surface area contributed by atoms with E-state index in [2.05, 4.69) is 12.2 Å². The molecule has 1 aliphatic heterocycles. The third kappa shape index (κ3) is 5.69. The van der Waals surface area contributed by atoms with E-state index < -0.39 is 5.60 Å². The molecule has 1 unspecified atom stereocenters. The second kappa shape index (κ2) is 6.38. The molecule has 1 aliphatic rings. The number of amides is 1. The fourth-order valence-electron chi connectivity index (χ4n) is 1.67. The van der Waals surface area contributed by atoms with Crippen molar-refractivity contribution in [2.24, 2.45) is 5.92 Å². The molecule has 1 amide bonds. The second-order valence-corrected chi connectivity index (χ2v) is 6.11. The van der Waals surface area contributed by atoms with Crippen LogP contribution < -0.4 is 5.32 Å². The molecule has 0 aliphatic carbocycles. The zero-order valence-corrected chi connectivity index (χ0v) is 12.2. The molecular formula is C13H26N2O3. The Kier molecular flexibility index (Phi) is 5.41. The van der Waals surface area contributed by atoms with E-state index in [0.29, 0.717) is 18.5 Å². The van der Waals surface area contributed by atoms with Gasteiger partial charge in [0, 0.05) is 13.6 Å². The van der Waals surface area contributed by atoms with Gasteiger partial charge in [0.1, 0.15) is 5.60 Å². The van der Waals surface area contributed by atoms with E-state index in [4.69, 9.17) is 9.47 Å². The summed E-state index contributed by atoms with van der Waals surface area (Å²) >= 11 is 0. The molecule has 0 aromatic rings. The highest BCUT2D eigenvalue weighted by molar-refractivity contribution is 5.67. The van der Waals surface area contributed by atoms with Crippen LogP contribution >= 0.6 is 0 Å². The van der Waals surface area contributed by atoms with Gasteiger partial charge in [-0.15, -0.1) is 0 Å². The van der Waals surface area contributed by atoms with Gasteiger partial charge in [0.05, 0.1) is 19.3 Å². The lowest BCUT2D eigenvalue weighted by Gasteiger charge is -2.30. The van der Waals surface area contributed by atoms with E-state index in [-0.39, 0.29) is 6.09 Å². The van der Waals surface area contributed by atoms with Crippen molar-refractivity contribution in [1.82, 2.24) is 10.2 Å². The van der Waals surface area contributed by atoms with Gasteiger partial charge < -0.3 is 19.7 Å². The van der Waals surface area contributed by atoms with Crippen molar-refractivity contribution in [2.75, 3.05) is 33.4 Å². The van der Waals surface area contributed by atoms with Gasteiger partial charge in [-0.1, -0.05) is 6.92 Å². The van der Waals surface area contributed by atoms with Crippen LogP contribution in [0, 0.1) is 5.92 Å². The summed E-state index contributed by atoms with van der Waals surface area (Å²) in [6, 6.07) is 0.485. The normalized spacial score (nSPS) is 18.1. The van der Waals surface area contributed by atoms with E-state index >= 15 is 0 Å². The maximum atomic E-state index is 11.8. The number of carbonyl (C=O) groups is 1. The average molecular weight is 258 g/mol. The molecule has 5 heteroatoms. The Bertz CT molecular complexity index is 272. The van der Waals surface area contributed by atoms with Crippen LogP contribution in [0.2, 0.25) is 0 Å². The second-order valence-electron chi connectivity index (χ2n) is 6.11. The average Bonchev–Trinajstić information content (AvgIpc) is 2.12. The summed E-state index contributed by atoms with van der Waals surface area (Å²) in [5.41, 5.74) is -0.434. The van der Waals surface area contributed by atoms with Crippen molar-refractivity contribution in [1.29, 1.82) is 0 Å². The van der Waals surface area contributed by atoms with Gasteiger partial charge in [0.15, 0.2) is 0 Å². The molecule has 1 N–H and O–H groups in total. The van der Waals surface area contributed by atoms with Crippen molar-refractivity contribution in [3.05, 3.63) is 0 Å². The van der Waals surface area contributed by atoms with E-state index in [0.717, 1.165) is 19.8 Å². The lowest BCUT2D eigenvalue weighted by Crippen LogP contribution is -2.48. The summed E-state index contributed by atoms with van der Waals surface area (Å²) in [6.07, 6.45) is -0.263. The van der Waals surface area contributed by atoms with Crippen LogP contribution in [0.25, 0.3) is 0 Å². The first-order valence-electron chi connectivity index (χ1n) is 6.53. The van der Waals surface area contributed by atoms with E-state index in [1.807, 2.05) is 20.8 Å². The third-order valence-corrected chi connectivity index (χ3v) is 2.68. The molecule has 1 rings (SSSR count). The minimum absolute atomic E-state index is 0.263. The minimum atomic E-state index is -0.434. The third-order valence-electron chi connectivity index (χ3n) is 2.68. The van der Waals surface area contributed by atoms with Crippen LogP contribution in [0.3, 0.4) is 0 Å². The lowest BCUT2D eigenvalue weighted by molar-refractivity contribution is -0.00710. The molecule has 0 aromatic heterocycles. The standard InChI is InChI=1S/C13H26N2O3/c1-10(6-14-11-8-17-9-11)7-15(5)12(16)18-13(2,3)4/h10-11,14H,6-9H2,1-5H3. The molecule has 1 atom stereocenters. The zero-order valence-electron chi connectivity index (χ0n) is 12.2. The molecule has 1 heterocycles. The monoisotopic (exact) mass is 258 g/mol. The summed E-state index contributed by atoms with van der Waals surface area (Å²) < 4.78 is 10.4. The Morgan fingerprint density at radius 3 is 2.56 bits per heavy atom. The van der Waals surface area contributed by atoms with Crippen LogP contribution in [-0.4, -0.2) is 56.0 Å². The number of nitrogens with one attached hydrogen (secondary N) is 1. The number of ether oxygens (including phenoxy) is 2. The maximum Gasteiger partial charge on any atom is 0.410 e. The van der Waals surface area contributed by atoms with Crippen molar-refractivity contribution in [3.63, 3.8) is 0 Å². The van der Waals surface area contributed by atoms with E-state index in [9.17, 15) is 4.79 Å². The fourth-order valence-corrected chi connectivity index (χ4v) is 1.67. The van der Waals surface area contributed by atoms with Gasteiger partial charge in [0.25, 0.3) is 0 Å². The van der Waals surface area contributed by atoms with Gasteiger partial charge in [-0.05, 0) is 33.2 Å². The van der Waals surface area contributed by atoms with E-state index in [1.165, 1.54) is 0 Å². The Balaban J connectivity index is 2.20. The molecular weight excluding hydrogens is 232 g/mol. The molecule has 5 nitrogen and oxygen atoms in total. The van der Waals surface area contributed by atoms with Gasteiger partial charge >= 0.3 is 6.09 Å². The predicted octanol–water partition coefficient (Wildman–Crippen LogP) is 1.48. The number of rotatable bonds is 5. The highest BCUT2D eigenvalue weighted by Gasteiger charge is 2.22. The summed E-state index contributed by atoms with van der Waals surface area (Å²) in [5, 5.41) is 3.41. The topological polar surface area (TPSA) is 50.8 Å². The Labute approximate surface area is 110 Å². The molecule has 0 saturated carbocycles. The van der Waals surface area contributed by atoms with Crippen molar-refractivity contribution < 1.29 is 14.3 Å². The molecule has 18 heavy (non-hydrogen) atoms. The Morgan fingerprint density at radius 1 is 1.50 bits per heavy atom. The molecule has 106 valence electrons. The Hall–Kier alpha value is -0.810. The summed E-state index contributed by atoms with van der Waals surface area (Å²) in [4.78, 5) is 13.4. The van der Waals surface area contributed by atoms with Crippen LogP contribution in [0.1, 0.15) is 27.7 Å². The van der Waals surface area contributed by atoms with Gasteiger partial charge in [0.2, 0.25) is 0 Å². The maximum absolute atomic E-state index is 11.8.